The number of likely N-dealkylation sites (N-methyl/N-ethyl adjacent to an activating group) is 1. The number of carbonyl (C=O) groups excluding carboxylic acids is 1. The molecule has 0 spiro atoms. The summed E-state index contributed by atoms with van der Waals surface area (Å²) in [4.78, 5) is 14.0. The van der Waals surface area contributed by atoms with E-state index in [0.717, 1.165) is 19.1 Å². The minimum absolute atomic E-state index is 0.125. The third-order valence-corrected chi connectivity index (χ3v) is 5.20. The number of hydrogen-bond acceptors (Lipinski definition) is 3. The molecule has 2 rings (SSSR count). The second-order valence-electron chi connectivity index (χ2n) is 5.67. The normalized spacial score (nSPS) is 19.9. The van der Waals surface area contributed by atoms with Crippen molar-refractivity contribution in [3.05, 3.63) is 35.6 Å². The van der Waals surface area contributed by atoms with Crippen molar-refractivity contribution in [1.29, 1.82) is 0 Å². The van der Waals surface area contributed by atoms with Crippen LogP contribution in [-0.2, 0) is 21.4 Å². The molecule has 7 heteroatoms. The van der Waals surface area contributed by atoms with Crippen LogP contribution in [-0.4, -0.2) is 49.4 Å². The Bertz CT molecular complexity index is 648. The monoisotopic (exact) mass is 328 g/mol. The maximum Gasteiger partial charge on any atom is 0.241 e. The summed E-state index contributed by atoms with van der Waals surface area (Å²) >= 11 is 0. The highest BCUT2D eigenvalue weighted by Gasteiger charge is 2.35. The first-order chi connectivity index (χ1) is 10.3. The Morgan fingerprint density at radius 2 is 2.05 bits per heavy atom. The zero-order valence-electron chi connectivity index (χ0n) is 12.8. The number of halogens is 1. The van der Waals surface area contributed by atoms with E-state index in [4.69, 9.17) is 0 Å². The molecule has 0 bridgehead atoms. The average Bonchev–Trinajstić information content (AvgIpc) is 2.48. The van der Waals surface area contributed by atoms with Gasteiger partial charge in [0.15, 0.2) is 0 Å². The summed E-state index contributed by atoms with van der Waals surface area (Å²) < 4.78 is 38.6. The Hall–Kier alpha value is -1.47. The molecule has 0 aromatic heterocycles. The first-order valence-corrected chi connectivity index (χ1v) is 9.10. The molecule has 0 saturated carbocycles. The standard InChI is InChI=1S/C15H21FN2O3S/c1-17(11-12-7-3-4-8-13(12)16)15(19)14-9-5-6-10-18(14)22(2,20)21/h3-4,7-8,14H,5-6,9-11H2,1-2H3. The molecule has 1 saturated heterocycles. The highest BCUT2D eigenvalue weighted by molar-refractivity contribution is 7.88. The second kappa shape index (κ2) is 6.75. The van der Waals surface area contributed by atoms with Crippen molar-refractivity contribution >= 4 is 15.9 Å². The van der Waals surface area contributed by atoms with E-state index in [0.29, 0.717) is 18.5 Å². The number of amides is 1. The number of piperidine rings is 1. The van der Waals surface area contributed by atoms with Crippen LogP contribution in [0.3, 0.4) is 0 Å². The van der Waals surface area contributed by atoms with Gasteiger partial charge in [-0.2, -0.15) is 4.31 Å². The van der Waals surface area contributed by atoms with Gasteiger partial charge in [-0.1, -0.05) is 24.6 Å². The van der Waals surface area contributed by atoms with Crippen LogP contribution in [0.4, 0.5) is 4.39 Å². The molecule has 1 heterocycles. The van der Waals surface area contributed by atoms with Crippen molar-refractivity contribution in [2.75, 3.05) is 19.8 Å². The number of nitrogens with zero attached hydrogens (tertiary/aromatic N) is 2. The molecular formula is C15H21FN2O3S. The molecule has 1 fully saturated rings. The van der Waals surface area contributed by atoms with Gasteiger partial charge in [0.05, 0.1) is 6.26 Å². The SMILES string of the molecule is CN(Cc1ccccc1F)C(=O)C1CCCCN1S(C)(=O)=O. The topological polar surface area (TPSA) is 57.7 Å². The van der Waals surface area contributed by atoms with Crippen LogP contribution in [0.25, 0.3) is 0 Å². The molecule has 1 aromatic rings. The van der Waals surface area contributed by atoms with E-state index in [1.165, 1.54) is 15.3 Å². The molecule has 5 nitrogen and oxygen atoms in total. The number of carbonyl (C=O) groups is 1. The van der Waals surface area contributed by atoms with Crippen molar-refractivity contribution in [1.82, 2.24) is 9.21 Å². The molecule has 0 aliphatic carbocycles. The van der Waals surface area contributed by atoms with E-state index >= 15 is 0 Å². The van der Waals surface area contributed by atoms with Crippen LogP contribution >= 0.6 is 0 Å². The lowest BCUT2D eigenvalue weighted by Gasteiger charge is -2.35. The average molecular weight is 328 g/mol. The summed E-state index contributed by atoms with van der Waals surface area (Å²) in [6.45, 7) is 0.488. The largest absolute Gasteiger partial charge is 0.340 e. The number of sulfonamides is 1. The van der Waals surface area contributed by atoms with E-state index in [1.54, 1.807) is 25.2 Å². The Morgan fingerprint density at radius 1 is 1.36 bits per heavy atom. The van der Waals surface area contributed by atoms with Gasteiger partial charge in [0.2, 0.25) is 15.9 Å². The van der Waals surface area contributed by atoms with E-state index in [-0.39, 0.29) is 18.3 Å². The van der Waals surface area contributed by atoms with Gasteiger partial charge in [-0.25, -0.2) is 12.8 Å². The predicted octanol–water partition coefficient (Wildman–Crippen LogP) is 1.60. The molecule has 1 aliphatic heterocycles. The summed E-state index contributed by atoms with van der Waals surface area (Å²) in [5, 5.41) is 0. The van der Waals surface area contributed by atoms with Gasteiger partial charge in [0.25, 0.3) is 0 Å². The van der Waals surface area contributed by atoms with Gasteiger partial charge in [0.1, 0.15) is 11.9 Å². The van der Waals surface area contributed by atoms with Crippen molar-refractivity contribution in [3.8, 4) is 0 Å². The van der Waals surface area contributed by atoms with Crippen LogP contribution in [0, 0.1) is 5.82 Å². The van der Waals surface area contributed by atoms with Gasteiger partial charge in [-0.05, 0) is 18.9 Å². The smallest absolute Gasteiger partial charge is 0.241 e. The van der Waals surface area contributed by atoms with Gasteiger partial charge in [0, 0.05) is 25.7 Å². The summed E-state index contributed by atoms with van der Waals surface area (Å²) in [5.41, 5.74) is 0.417. The fourth-order valence-corrected chi connectivity index (χ4v) is 3.88. The maximum atomic E-state index is 13.7. The van der Waals surface area contributed by atoms with Crippen LogP contribution in [0.1, 0.15) is 24.8 Å². The summed E-state index contributed by atoms with van der Waals surface area (Å²) in [6.07, 6.45) is 3.20. The van der Waals surface area contributed by atoms with Crippen molar-refractivity contribution in [2.45, 2.75) is 31.8 Å². The first kappa shape index (κ1) is 16.9. The second-order valence-corrected chi connectivity index (χ2v) is 7.61. The minimum atomic E-state index is -3.42. The Morgan fingerprint density at radius 3 is 2.68 bits per heavy atom. The molecule has 0 N–H and O–H groups in total. The lowest BCUT2D eigenvalue weighted by Crippen LogP contribution is -2.51. The van der Waals surface area contributed by atoms with Crippen molar-refractivity contribution in [2.24, 2.45) is 0 Å². The van der Waals surface area contributed by atoms with Crippen LogP contribution in [0.2, 0.25) is 0 Å². The summed E-state index contributed by atoms with van der Waals surface area (Å²) in [5.74, 6) is -0.654. The number of rotatable bonds is 4. The van der Waals surface area contributed by atoms with Crippen LogP contribution in [0.15, 0.2) is 24.3 Å². The van der Waals surface area contributed by atoms with Crippen molar-refractivity contribution in [3.63, 3.8) is 0 Å². The molecule has 122 valence electrons. The minimum Gasteiger partial charge on any atom is -0.340 e. The zero-order valence-corrected chi connectivity index (χ0v) is 13.6. The highest BCUT2D eigenvalue weighted by Crippen LogP contribution is 2.22. The highest BCUT2D eigenvalue weighted by atomic mass is 32.2. The first-order valence-electron chi connectivity index (χ1n) is 7.26. The molecular weight excluding hydrogens is 307 g/mol. The van der Waals surface area contributed by atoms with Crippen LogP contribution < -0.4 is 0 Å². The van der Waals surface area contributed by atoms with Gasteiger partial charge >= 0.3 is 0 Å². The third-order valence-electron chi connectivity index (χ3n) is 3.91. The Balaban J connectivity index is 2.13. The van der Waals surface area contributed by atoms with E-state index < -0.39 is 16.1 Å². The van der Waals surface area contributed by atoms with E-state index in [1.807, 2.05) is 0 Å². The fourth-order valence-electron chi connectivity index (χ4n) is 2.76. The quantitative estimate of drug-likeness (QED) is 0.843. The maximum absolute atomic E-state index is 13.7. The van der Waals surface area contributed by atoms with Gasteiger partial charge in [-0.3, -0.25) is 4.79 Å². The van der Waals surface area contributed by atoms with Gasteiger partial charge < -0.3 is 4.90 Å². The zero-order chi connectivity index (χ0) is 16.3. The predicted molar refractivity (Wildman–Crippen MR) is 82.1 cm³/mol. The lowest BCUT2D eigenvalue weighted by atomic mass is 10.0. The fraction of sp³-hybridized carbons (Fsp3) is 0.533. The molecule has 0 radical (unpaired) electrons. The molecule has 1 atom stereocenters. The van der Waals surface area contributed by atoms with Gasteiger partial charge in [-0.15, -0.1) is 0 Å². The number of hydrogen-bond donors (Lipinski definition) is 0. The lowest BCUT2D eigenvalue weighted by molar-refractivity contribution is -0.135. The Labute approximate surface area is 130 Å². The summed E-state index contributed by atoms with van der Waals surface area (Å²) in [6, 6.07) is 5.58. The molecule has 1 aromatic carbocycles. The van der Waals surface area contributed by atoms with E-state index in [2.05, 4.69) is 0 Å². The third kappa shape index (κ3) is 3.84. The summed E-state index contributed by atoms with van der Waals surface area (Å²) in [7, 11) is -1.85. The van der Waals surface area contributed by atoms with Crippen molar-refractivity contribution < 1.29 is 17.6 Å². The molecule has 1 aliphatic rings. The van der Waals surface area contributed by atoms with E-state index in [9.17, 15) is 17.6 Å². The molecule has 1 amide bonds. The number of benzene rings is 1. The Kier molecular flexibility index (Phi) is 5.18. The molecule has 22 heavy (non-hydrogen) atoms. The molecule has 1 unspecified atom stereocenters. The van der Waals surface area contributed by atoms with Crippen LogP contribution in [0.5, 0.6) is 0 Å².